The van der Waals surface area contributed by atoms with Gasteiger partial charge in [0.2, 0.25) is 0 Å². The van der Waals surface area contributed by atoms with Crippen LogP contribution in [0.1, 0.15) is 19.4 Å². The number of hydrogen-bond acceptors (Lipinski definition) is 4. The van der Waals surface area contributed by atoms with Gasteiger partial charge in [0.05, 0.1) is 13.0 Å². The van der Waals surface area contributed by atoms with Gasteiger partial charge in [0, 0.05) is 6.54 Å². The fourth-order valence-corrected chi connectivity index (χ4v) is 2.66. The number of rotatable bonds is 9. The van der Waals surface area contributed by atoms with Crippen LogP contribution in [0.25, 0.3) is 0 Å². The SMILES string of the molecule is COc1ccccc1CC(CNC(=O)C(C)(C)Oc1ccc(F)cc1)C(=O)O. The van der Waals surface area contributed by atoms with Crippen molar-refractivity contribution >= 4 is 11.9 Å². The first-order valence-corrected chi connectivity index (χ1v) is 8.80. The maximum atomic E-state index is 13.0. The summed E-state index contributed by atoms with van der Waals surface area (Å²) in [4.78, 5) is 24.1. The molecule has 6 nitrogen and oxygen atoms in total. The summed E-state index contributed by atoms with van der Waals surface area (Å²) in [7, 11) is 1.52. The van der Waals surface area contributed by atoms with Crippen LogP contribution >= 0.6 is 0 Å². The minimum absolute atomic E-state index is 0.0670. The van der Waals surface area contributed by atoms with E-state index in [0.29, 0.717) is 11.5 Å². The third-order valence-electron chi connectivity index (χ3n) is 4.25. The van der Waals surface area contributed by atoms with Gasteiger partial charge in [-0.1, -0.05) is 18.2 Å². The van der Waals surface area contributed by atoms with Gasteiger partial charge in [0.25, 0.3) is 5.91 Å². The van der Waals surface area contributed by atoms with Crippen LogP contribution in [0, 0.1) is 11.7 Å². The second kappa shape index (κ2) is 9.21. The summed E-state index contributed by atoms with van der Waals surface area (Å²) in [5, 5.41) is 12.2. The standard InChI is InChI=1S/C21H24FNO5/c1-21(2,28-17-10-8-16(22)9-11-17)20(26)23-13-15(19(24)25)12-14-6-4-5-7-18(14)27-3/h4-11,15H,12-13H2,1-3H3,(H,23,26)(H,24,25). The number of ether oxygens (including phenoxy) is 2. The molecule has 2 aromatic rings. The smallest absolute Gasteiger partial charge is 0.308 e. The monoisotopic (exact) mass is 389 g/mol. The molecule has 2 N–H and O–H groups in total. The van der Waals surface area contributed by atoms with Crippen LogP contribution in [-0.4, -0.2) is 36.2 Å². The number of carboxylic acids is 1. The Hall–Kier alpha value is -3.09. The molecule has 0 spiro atoms. The minimum Gasteiger partial charge on any atom is -0.496 e. The van der Waals surface area contributed by atoms with Gasteiger partial charge in [0.15, 0.2) is 5.60 Å². The molecule has 1 amide bonds. The molecule has 1 atom stereocenters. The Kier molecular flexibility index (Phi) is 6.98. The van der Waals surface area contributed by atoms with E-state index in [1.807, 2.05) is 0 Å². The lowest BCUT2D eigenvalue weighted by molar-refractivity contribution is -0.142. The van der Waals surface area contributed by atoms with Crippen molar-refractivity contribution in [2.75, 3.05) is 13.7 Å². The normalized spacial score (nSPS) is 12.1. The van der Waals surface area contributed by atoms with Crippen LogP contribution in [0.4, 0.5) is 4.39 Å². The van der Waals surface area contributed by atoms with E-state index < -0.39 is 29.2 Å². The lowest BCUT2D eigenvalue weighted by atomic mass is 9.98. The van der Waals surface area contributed by atoms with E-state index in [9.17, 15) is 19.1 Å². The van der Waals surface area contributed by atoms with Crippen molar-refractivity contribution in [2.24, 2.45) is 5.92 Å². The molecule has 0 fully saturated rings. The molecule has 0 aliphatic carbocycles. The molecule has 0 aliphatic rings. The third-order valence-corrected chi connectivity index (χ3v) is 4.25. The average molecular weight is 389 g/mol. The van der Waals surface area contributed by atoms with Crippen molar-refractivity contribution in [1.82, 2.24) is 5.32 Å². The molecule has 0 radical (unpaired) electrons. The number of carbonyl (C=O) groups excluding carboxylic acids is 1. The number of para-hydroxylation sites is 1. The Morgan fingerprint density at radius 1 is 1.14 bits per heavy atom. The molecular formula is C21H24FNO5. The molecule has 0 aromatic heterocycles. The largest absolute Gasteiger partial charge is 0.496 e. The fraction of sp³-hybridized carbons (Fsp3) is 0.333. The van der Waals surface area contributed by atoms with Crippen LogP contribution in [0.2, 0.25) is 0 Å². The van der Waals surface area contributed by atoms with Gasteiger partial charge in [-0.15, -0.1) is 0 Å². The van der Waals surface area contributed by atoms with Gasteiger partial charge >= 0.3 is 5.97 Å². The number of methoxy groups -OCH3 is 1. The van der Waals surface area contributed by atoms with E-state index in [1.54, 1.807) is 38.1 Å². The third kappa shape index (κ3) is 5.70. The van der Waals surface area contributed by atoms with Gasteiger partial charge in [-0.3, -0.25) is 9.59 Å². The first-order valence-electron chi connectivity index (χ1n) is 8.80. The number of amides is 1. The predicted octanol–water partition coefficient (Wildman–Crippen LogP) is 3.05. The van der Waals surface area contributed by atoms with Crippen molar-refractivity contribution in [2.45, 2.75) is 25.9 Å². The summed E-state index contributed by atoms with van der Waals surface area (Å²) < 4.78 is 23.9. The van der Waals surface area contributed by atoms with Crippen LogP contribution < -0.4 is 14.8 Å². The van der Waals surface area contributed by atoms with E-state index in [1.165, 1.54) is 31.4 Å². The van der Waals surface area contributed by atoms with Gasteiger partial charge in [-0.25, -0.2) is 4.39 Å². The molecule has 7 heteroatoms. The highest BCUT2D eigenvalue weighted by Gasteiger charge is 2.31. The summed E-state index contributed by atoms with van der Waals surface area (Å²) in [6, 6.07) is 12.5. The van der Waals surface area contributed by atoms with E-state index >= 15 is 0 Å². The van der Waals surface area contributed by atoms with Crippen molar-refractivity contribution in [3.05, 3.63) is 59.9 Å². The van der Waals surface area contributed by atoms with Crippen molar-refractivity contribution in [3.63, 3.8) is 0 Å². The number of halogens is 1. The zero-order valence-corrected chi connectivity index (χ0v) is 16.1. The number of carboxylic acid groups (broad SMARTS) is 1. The van der Waals surface area contributed by atoms with Crippen LogP contribution in [0.15, 0.2) is 48.5 Å². The highest BCUT2D eigenvalue weighted by molar-refractivity contribution is 5.85. The second-order valence-corrected chi connectivity index (χ2v) is 6.83. The lowest BCUT2D eigenvalue weighted by Gasteiger charge is -2.26. The molecule has 0 bridgehead atoms. The van der Waals surface area contributed by atoms with E-state index in [4.69, 9.17) is 9.47 Å². The topological polar surface area (TPSA) is 84.9 Å². The molecular weight excluding hydrogens is 365 g/mol. The van der Waals surface area contributed by atoms with Crippen molar-refractivity contribution < 1.29 is 28.6 Å². The zero-order valence-electron chi connectivity index (χ0n) is 16.1. The molecule has 1 unspecified atom stereocenters. The molecule has 0 heterocycles. The minimum atomic E-state index is -1.26. The summed E-state index contributed by atoms with van der Waals surface area (Å²) in [6.07, 6.45) is 0.207. The van der Waals surface area contributed by atoms with Crippen LogP contribution in [-0.2, 0) is 16.0 Å². The van der Waals surface area contributed by atoms with Gasteiger partial charge < -0.3 is 19.9 Å². The predicted molar refractivity (Wildman–Crippen MR) is 102 cm³/mol. The zero-order chi connectivity index (χ0) is 20.7. The Morgan fingerprint density at radius 3 is 2.39 bits per heavy atom. The van der Waals surface area contributed by atoms with Gasteiger partial charge in [0.1, 0.15) is 17.3 Å². The molecule has 28 heavy (non-hydrogen) atoms. The Bertz CT molecular complexity index is 820. The summed E-state index contributed by atoms with van der Waals surface area (Å²) in [6.45, 7) is 3.05. The number of hydrogen-bond donors (Lipinski definition) is 2. The quantitative estimate of drug-likeness (QED) is 0.689. The van der Waals surface area contributed by atoms with Crippen molar-refractivity contribution in [1.29, 1.82) is 0 Å². The number of nitrogens with one attached hydrogen (secondary N) is 1. The van der Waals surface area contributed by atoms with Crippen molar-refractivity contribution in [3.8, 4) is 11.5 Å². The van der Waals surface area contributed by atoms with Gasteiger partial charge in [-0.05, 0) is 56.2 Å². The van der Waals surface area contributed by atoms with Crippen LogP contribution in [0.5, 0.6) is 11.5 Å². The fourth-order valence-electron chi connectivity index (χ4n) is 2.66. The first-order chi connectivity index (χ1) is 13.2. The molecule has 2 aromatic carbocycles. The Morgan fingerprint density at radius 2 is 1.79 bits per heavy atom. The number of benzene rings is 2. The maximum absolute atomic E-state index is 13.0. The van der Waals surface area contributed by atoms with Gasteiger partial charge in [-0.2, -0.15) is 0 Å². The van der Waals surface area contributed by atoms with E-state index in [-0.39, 0.29) is 13.0 Å². The highest BCUT2D eigenvalue weighted by Crippen LogP contribution is 2.22. The molecule has 0 aliphatic heterocycles. The van der Waals surface area contributed by atoms with E-state index in [0.717, 1.165) is 5.56 Å². The molecule has 0 saturated carbocycles. The average Bonchev–Trinajstić information content (AvgIpc) is 2.66. The second-order valence-electron chi connectivity index (χ2n) is 6.83. The molecule has 2 rings (SSSR count). The Labute approximate surface area is 163 Å². The summed E-state index contributed by atoms with van der Waals surface area (Å²) in [5.74, 6) is -1.80. The molecule has 150 valence electrons. The Balaban J connectivity index is 2.00. The first kappa shape index (κ1) is 21.2. The number of carbonyl (C=O) groups is 2. The number of aliphatic carboxylic acids is 1. The highest BCUT2D eigenvalue weighted by atomic mass is 19.1. The summed E-state index contributed by atoms with van der Waals surface area (Å²) in [5.41, 5.74) is -0.515. The summed E-state index contributed by atoms with van der Waals surface area (Å²) >= 11 is 0. The molecule has 0 saturated heterocycles. The maximum Gasteiger partial charge on any atom is 0.308 e. The lowest BCUT2D eigenvalue weighted by Crippen LogP contribution is -2.48. The van der Waals surface area contributed by atoms with E-state index in [2.05, 4.69) is 5.32 Å². The van der Waals surface area contributed by atoms with Crippen LogP contribution in [0.3, 0.4) is 0 Å².